The van der Waals surface area contributed by atoms with Crippen molar-refractivity contribution < 1.29 is 14.6 Å². The van der Waals surface area contributed by atoms with Crippen molar-refractivity contribution in [1.82, 2.24) is 0 Å². The van der Waals surface area contributed by atoms with E-state index in [0.717, 1.165) is 0 Å². The summed E-state index contributed by atoms with van der Waals surface area (Å²) in [5.74, 6) is -0.188. The second kappa shape index (κ2) is 6.60. The van der Waals surface area contributed by atoms with E-state index in [0.29, 0.717) is 6.61 Å². The number of esters is 1. The van der Waals surface area contributed by atoms with Gasteiger partial charge < -0.3 is 9.84 Å². The summed E-state index contributed by atoms with van der Waals surface area (Å²) in [7, 11) is 0. The van der Waals surface area contributed by atoms with Crippen LogP contribution in [0.25, 0.3) is 0 Å². The third-order valence-electron chi connectivity index (χ3n) is 2.04. The van der Waals surface area contributed by atoms with Gasteiger partial charge in [0.15, 0.2) is 0 Å². The van der Waals surface area contributed by atoms with Gasteiger partial charge in [-0.05, 0) is 12.8 Å². The van der Waals surface area contributed by atoms with Crippen LogP contribution in [0.1, 0.15) is 27.7 Å². The molecule has 0 aliphatic rings. The summed E-state index contributed by atoms with van der Waals surface area (Å²) in [5.41, 5.74) is 0. The molecule has 2 atom stereocenters. The van der Waals surface area contributed by atoms with E-state index in [-0.39, 0.29) is 17.8 Å². The fourth-order valence-corrected chi connectivity index (χ4v) is 1.14. The average Bonchev–Trinajstić information content (AvgIpc) is 2.13. The number of carbonyl (C=O) groups excluding carboxylic acids is 1. The Kier molecular flexibility index (Phi) is 6.21. The number of aliphatic hydroxyl groups is 1. The summed E-state index contributed by atoms with van der Waals surface area (Å²) in [4.78, 5) is 10.9. The molecular weight excluding hydrogens is 180 g/mol. The highest BCUT2D eigenvalue weighted by molar-refractivity contribution is 5.81. The quantitative estimate of drug-likeness (QED) is 0.543. The fraction of sp³-hybridized carbons (Fsp3) is 0.727. The lowest BCUT2D eigenvalue weighted by Crippen LogP contribution is -2.22. The Hall–Kier alpha value is -0.830. The maximum Gasteiger partial charge on any atom is 0.330 e. The standard InChI is InChI=1S/C11H20O3/c1-5-14-10(12)7-6-9(4)11(13)8(2)3/h6-9,11,13H,5H2,1-4H3/b7-6+/t9-,11-/m1/s1. The molecule has 0 unspecified atom stereocenters. The molecule has 0 aromatic heterocycles. The maximum atomic E-state index is 10.9. The number of aliphatic hydroxyl groups excluding tert-OH is 1. The molecule has 0 saturated carbocycles. The van der Waals surface area contributed by atoms with Crippen LogP contribution in [0.5, 0.6) is 0 Å². The van der Waals surface area contributed by atoms with Gasteiger partial charge in [-0.15, -0.1) is 0 Å². The molecule has 82 valence electrons. The van der Waals surface area contributed by atoms with Gasteiger partial charge in [0.05, 0.1) is 12.7 Å². The smallest absolute Gasteiger partial charge is 0.330 e. The minimum atomic E-state index is -0.416. The van der Waals surface area contributed by atoms with Crippen molar-refractivity contribution >= 4 is 5.97 Å². The summed E-state index contributed by atoms with van der Waals surface area (Å²) in [6.07, 6.45) is 2.64. The van der Waals surface area contributed by atoms with Crippen molar-refractivity contribution in [2.24, 2.45) is 11.8 Å². The van der Waals surface area contributed by atoms with Gasteiger partial charge in [0.1, 0.15) is 0 Å². The Labute approximate surface area is 85.8 Å². The van der Waals surface area contributed by atoms with E-state index < -0.39 is 6.10 Å². The molecule has 14 heavy (non-hydrogen) atoms. The molecule has 0 aromatic carbocycles. The van der Waals surface area contributed by atoms with Crippen LogP contribution >= 0.6 is 0 Å². The number of carbonyl (C=O) groups is 1. The zero-order valence-corrected chi connectivity index (χ0v) is 9.36. The van der Waals surface area contributed by atoms with Crippen molar-refractivity contribution in [2.75, 3.05) is 6.61 Å². The predicted molar refractivity (Wildman–Crippen MR) is 55.8 cm³/mol. The summed E-state index contributed by atoms with van der Waals surface area (Å²) in [6, 6.07) is 0. The molecule has 0 aliphatic heterocycles. The minimum Gasteiger partial charge on any atom is -0.463 e. The lowest BCUT2D eigenvalue weighted by atomic mass is 9.95. The molecule has 0 saturated heterocycles. The first-order chi connectivity index (χ1) is 6.49. The lowest BCUT2D eigenvalue weighted by Gasteiger charge is -2.18. The highest BCUT2D eigenvalue weighted by Crippen LogP contribution is 2.13. The first-order valence-electron chi connectivity index (χ1n) is 5.02. The van der Waals surface area contributed by atoms with E-state index in [4.69, 9.17) is 4.74 Å². The molecule has 0 aliphatic carbocycles. The predicted octanol–water partition coefficient (Wildman–Crippen LogP) is 1.76. The molecule has 3 heteroatoms. The number of hydrogen-bond donors (Lipinski definition) is 1. The molecule has 0 bridgehead atoms. The molecule has 0 spiro atoms. The summed E-state index contributed by atoms with van der Waals surface area (Å²) >= 11 is 0. The normalized spacial score (nSPS) is 15.9. The second-order valence-electron chi connectivity index (χ2n) is 3.70. The fourth-order valence-electron chi connectivity index (χ4n) is 1.14. The third-order valence-corrected chi connectivity index (χ3v) is 2.04. The van der Waals surface area contributed by atoms with Crippen molar-refractivity contribution in [2.45, 2.75) is 33.8 Å². The van der Waals surface area contributed by atoms with E-state index in [1.807, 2.05) is 20.8 Å². The molecule has 0 fully saturated rings. The zero-order chi connectivity index (χ0) is 11.1. The first kappa shape index (κ1) is 13.2. The monoisotopic (exact) mass is 200 g/mol. The molecular formula is C11H20O3. The van der Waals surface area contributed by atoms with Gasteiger partial charge in [0.25, 0.3) is 0 Å². The van der Waals surface area contributed by atoms with Gasteiger partial charge in [-0.1, -0.05) is 26.8 Å². The Balaban J connectivity index is 4.04. The zero-order valence-electron chi connectivity index (χ0n) is 9.36. The lowest BCUT2D eigenvalue weighted by molar-refractivity contribution is -0.137. The summed E-state index contributed by atoms with van der Waals surface area (Å²) in [6.45, 7) is 7.90. The SMILES string of the molecule is CCOC(=O)/C=C/[C@@H](C)[C@H](O)C(C)C. The molecule has 0 radical (unpaired) electrons. The summed E-state index contributed by atoms with van der Waals surface area (Å²) in [5, 5.41) is 9.63. The van der Waals surface area contributed by atoms with Crippen LogP contribution in [0, 0.1) is 11.8 Å². The average molecular weight is 200 g/mol. The van der Waals surface area contributed by atoms with Gasteiger partial charge in [-0.25, -0.2) is 4.79 Å². The van der Waals surface area contributed by atoms with Gasteiger partial charge in [-0.2, -0.15) is 0 Å². The van der Waals surface area contributed by atoms with E-state index in [1.54, 1.807) is 13.0 Å². The molecule has 0 heterocycles. The van der Waals surface area contributed by atoms with E-state index in [1.165, 1.54) is 6.08 Å². The molecule has 3 nitrogen and oxygen atoms in total. The molecule has 1 N–H and O–H groups in total. The van der Waals surface area contributed by atoms with Crippen LogP contribution in [0.4, 0.5) is 0 Å². The van der Waals surface area contributed by atoms with Crippen molar-refractivity contribution in [3.8, 4) is 0 Å². The highest BCUT2D eigenvalue weighted by Gasteiger charge is 2.15. The van der Waals surface area contributed by atoms with Gasteiger partial charge in [0, 0.05) is 12.0 Å². The Morgan fingerprint density at radius 2 is 2.00 bits per heavy atom. The summed E-state index contributed by atoms with van der Waals surface area (Å²) < 4.78 is 4.73. The van der Waals surface area contributed by atoms with Crippen LogP contribution in [0.15, 0.2) is 12.2 Å². The van der Waals surface area contributed by atoms with Gasteiger partial charge >= 0.3 is 5.97 Å². The third kappa shape index (κ3) is 5.02. The number of ether oxygens (including phenoxy) is 1. The molecule has 0 amide bonds. The van der Waals surface area contributed by atoms with Crippen LogP contribution in [0.3, 0.4) is 0 Å². The van der Waals surface area contributed by atoms with Crippen molar-refractivity contribution in [3.05, 3.63) is 12.2 Å². The minimum absolute atomic E-state index is 0.0283. The van der Waals surface area contributed by atoms with Crippen molar-refractivity contribution in [3.63, 3.8) is 0 Å². The van der Waals surface area contributed by atoms with E-state index in [2.05, 4.69) is 0 Å². The number of rotatable bonds is 5. The molecule has 0 rings (SSSR count). The largest absolute Gasteiger partial charge is 0.463 e. The first-order valence-corrected chi connectivity index (χ1v) is 5.02. The maximum absolute atomic E-state index is 10.9. The molecule has 0 aromatic rings. The Morgan fingerprint density at radius 1 is 1.43 bits per heavy atom. The van der Waals surface area contributed by atoms with Gasteiger partial charge in [-0.3, -0.25) is 0 Å². The van der Waals surface area contributed by atoms with E-state index in [9.17, 15) is 9.90 Å². The van der Waals surface area contributed by atoms with Crippen molar-refractivity contribution in [1.29, 1.82) is 0 Å². The highest BCUT2D eigenvalue weighted by atomic mass is 16.5. The Bertz CT molecular complexity index is 197. The Morgan fingerprint density at radius 3 is 2.43 bits per heavy atom. The van der Waals surface area contributed by atoms with Crippen LogP contribution < -0.4 is 0 Å². The number of hydrogen-bond acceptors (Lipinski definition) is 3. The van der Waals surface area contributed by atoms with Gasteiger partial charge in [0.2, 0.25) is 0 Å². The van der Waals surface area contributed by atoms with E-state index >= 15 is 0 Å². The van der Waals surface area contributed by atoms with Crippen LogP contribution in [0.2, 0.25) is 0 Å². The topological polar surface area (TPSA) is 46.5 Å². The van der Waals surface area contributed by atoms with Crippen LogP contribution in [-0.4, -0.2) is 23.8 Å². The second-order valence-corrected chi connectivity index (χ2v) is 3.70. The van der Waals surface area contributed by atoms with Crippen LogP contribution in [-0.2, 0) is 9.53 Å².